The maximum Gasteiger partial charge on any atom is 0.328 e. The van der Waals surface area contributed by atoms with Gasteiger partial charge in [0.1, 0.15) is 11.8 Å². The number of hydrogen-bond donors (Lipinski definition) is 2. The summed E-state index contributed by atoms with van der Waals surface area (Å²) in [5, 5.41) is 11.9. The zero-order chi connectivity index (χ0) is 16.8. The molecule has 1 aromatic carbocycles. The van der Waals surface area contributed by atoms with Crippen molar-refractivity contribution in [2.75, 3.05) is 20.2 Å². The van der Waals surface area contributed by atoms with Crippen molar-refractivity contribution in [1.29, 1.82) is 0 Å². The van der Waals surface area contributed by atoms with E-state index in [0.29, 0.717) is 18.5 Å². The molecule has 0 unspecified atom stereocenters. The summed E-state index contributed by atoms with van der Waals surface area (Å²) in [4.78, 5) is 37.1. The lowest BCUT2D eigenvalue weighted by molar-refractivity contribution is -0.150. The zero-order valence-electron chi connectivity index (χ0n) is 12.9. The number of nitrogens with zero attached hydrogens (tertiary/aromatic N) is 1. The molecule has 2 rings (SSSR count). The topological polar surface area (TPSA) is 95.9 Å². The first kappa shape index (κ1) is 16.8. The smallest absolute Gasteiger partial charge is 0.328 e. The first-order valence-corrected chi connectivity index (χ1v) is 7.43. The van der Waals surface area contributed by atoms with Crippen LogP contribution in [0, 0.1) is 0 Å². The van der Waals surface area contributed by atoms with Gasteiger partial charge in [0.15, 0.2) is 0 Å². The van der Waals surface area contributed by atoms with E-state index in [2.05, 4.69) is 10.1 Å². The number of carbonyl (C=O) groups excluding carboxylic acids is 3. The lowest BCUT2D eigenvalue weighted by Crippen LogP contribution is -2.46. The summed E-state index contributed by atoms with van der Waals surface area (Å²) in [6, 6.07) is 5.82. The number of phenols is 1. The van der Waals surface area contributed by atoms with E-state index in [-0.39, 0.29) is 30.5 Å². The van der Waals surface area contributed by atoms with Crippen molar-refractivity contribution >= 4 is 17.8 Å². The third kappa shape index (κ3) is 4.45. The predicted octanol–water partition coefficient (Wildman–Crippen LogP) is 0.215. The Morgan fingerprint density at radius 3 is 2.87 bits per heavy atom. The molecule has 1 fully saturated rings. The average Bonchev–Trinajstić information content (AvgIpc) is 3.01. The molecule has 1 aromatic rings. The van der Waals surface area contributed by atoms with Crippen LogP contribution < -0.4 is 5.32 Å². The van der Waals surface area contributed by atoms with Crippen LogP contribution in [0.3, 0.4) is 0 Å². The summed E-state index contributed by atoms with van der Waals surface area (Å²) in [7, 11) is 1.29. The number of rotatable bonds is 5. The van der Waals surface area contributed by atoms with E-state index in [4.69, 9.17) is 0 Å². The van der Waals surface area contributed by atoms with Crippen molar-refractivity contribution in [2.45, 2.75) is 25.3 Å². The van der Waals surface area contributed by atoms with E-state index in [1.807, 2.05) is 0 Å². The van der Waals surface area contributed by atoms with Crippen LogP contribution in [0.25, 0.3) is 0 Å². The minimum atomic E-state index is -0.560. The number of ether oxygens (including phenoxy) is 1. The maximum absolute atomic E-state index is 12.2. The highest BCUT2D eigenvalue weighted by Crippen LogP contribution is 2.18. The number of esters is 1. The Bertz CT molecular complexity index is 602. The molecule has 1 heterocycles. The standard InChI is InChI=1S/C16H20N2O5/c1-23-16(22)13-6-3-7-18(13)15(21)10-17-14(20)9-11-4-2-5-12(19)8-11/h2,4-5,8,13,19H,3,6-7,9-10H2,1H3,(H,17,20)/t13-/m0/s1. The Kier molecular flexibility index (Phi) is 5.56. The predicted molar refractivity (Wildman–Crippen MR) is 81.6 cm³/mol. The fourth-order valence-electron chi connectivity index (χ4n) is 2.64. The molecule has 2 N–H and O–H groups in total. The third-order valence-corrected chi connectivity index (χ3v) is 3.76. The van der Waals surface area contributed by atoms with Crippen LogP contribution in [0.15, 0.2) is 24.3 Å². The van der Waals surface area contributed by atoms with Gasteiger partial charge in [-0.1, -0.05) is 12.1 Å². The molecule has 1 atom stereocenters. The van der Waals surface area contributed by atoms with E-state index in [9.17, 15) is 19.5 Å². The zero-order valence-corrected chi connectivity index (χ0v) is 12.9. The Hall–Kier alpha value is -2.57. The van der Waals surface area contributed by atoms with Gasteiger partial charge in [0.05, 0.1) is 20.1 Å². The minimum Gasteiger partial charge on any atom is -0.508 e. The molecule has 1 aliphatic rings. The van der Waals surface area contributed by atoms with Crippen molar-refractivity contribution < 1.29 is 24.2 Å². The molecule has 0 aliphatic carbocycles. The Balaban J connectivity index is 1.84. The number of hydrogen-bond acceptors (Lipinski definition) is 5. The van der Waals surface area contributed by atoms with Crippen LogP contribution in [0.5, 0.6) is 5.75 Å². The largest absolute Gasteiger partial charge is 0.508 e. The van der Waals surface area contributed by atoms with Crippen molar-refractivity contribution in [3.05, 3.63) is 29.8 Å². The second-order valence-corrected chi connectivity index (χ2v) is 5.39. The Labute approximate surface area is 134 Å². The van der Waals surface area contributed by atoms with Crippen LogP contribution in [0.2, 0.25) is 0 Å². The SMILES string of the molecule is COC(=O)[C@@H]1CCCN1C(=O)CNC(=O)Cc1cccc(O)c1. The lowest BCUT2D eigenvalue weighted by atomic mass is 10.1. The summed E-state index contributed by atoms with van der Waals surface area (Å²) in [6.45, 7) is 0.326. The molecular formula is C16H20N2O5. The van der Waals surface area contributed by atoms with Gasteiger partial charge in [0.25, 0.3) is 0 Å². The molecule has 0 radical (unpaired) electrons. The van der Waals surface area contributed by atoms with Gasteiger partial charge in [-0.2, -0.15) is 0 Å². The fraction of sp³-hybridized carbons (Fsp3) is 0.438. The van der Waals surface area contributed by atoms with Crippen LogP contribution in [-0.2, 0) is 25.5 Å². The number of aromatic hydroxyl groups is 1. The van der Waals surface area contributed by atoms with E-state index in [1.54, 1.807) is 12.1 Å². The molecule has 2 amide bonds. The normalized spacial score (nSPS) is 16.9. The van der Waals surface area contributed by atoms with E-state index in [0.717, 1.165) is 6.42 Å². The van der Waals surface area contributed by atoms with Crippen LogP contribution >= 0.6 is 0 Å². The average molecular weight is 320 g/mol. The quantitative estimate of drug-likeness (QED) is 0.756. The molecule has 1 aliphatic heterocycles. The van der Waals surface area contributed by atoms with Gasteiger partial charge < -0.3 is 20.1 Å². The molecule has 124 valence electrons. The van der Waals surface area contributed by atoms with Gasteiger partial charge in [-0.05, 0) is 30.5 Å². The van der Waals surface area contributed by atoms with E-state index in [1.165, 1.54) is 24.1 Å². The highest BCUT2D eigenvalue weighted by atomic mass is 16.5. The summed E-state index contributed by atoms with van der Waals surface area (Å²) in [5.41, 5.74) is 0.656. The number of nitrogens with one attached hydrogen (secondary N) is 1. The second-order valence-electron chi connectivity index (χ2n) is 5.39. The molecule has 0 saturated carbocycles. The first-order chi connectivity index (χ1) is 11.0. The van der Waals surface area contributed by atoms with Crippen LogP contribution in [-0.4, -0.2) is 54.0 Å². The maximum atomic E-state index is 12.2. The Morgan fingerprint density at radius 2 is 2.17 bits per heavy atom. The lowest BCUT2D eigenvalue weighted by Gasteiger charge is -2.22. The number of amides is 2. The van der Waals surface area contributed by atoms with Crippen molar-refractivity contribution in [2.24, 2.45) is 0 Å². The highest BCUT2D eigenvalue weighted by molar-refractivity contribution is 5.89. The van der Waals surface area contributed by atoms with Gasteiger partial charge in [0.2, 0.25) is 11.8 Å². The van der Waals surface area contributed by atoms with Gasteiger partial charge >= 0.3 is 5.97 Å². The van der Waals surface area contributed by atoms with E-state index < -0.39 is 12.0 Å². The van der Waals surface area contributed by atoms with Crippen molar-refractivity contribution in [3.63, 3.8) is 0 Å². The van der Waals surface area contributed by atoms with Crippen LogP contribution in [0.1, 0.15) is 18.4 Å². The fourth-order valence-corrected chi connectivity index (χ4v) is 2.64. The van der Waals surface area contributed by atoms with Gasteiger partial charge in [0, 0.05) is 6.54 Å². The first-order valence-electron chi connectivity index (χ1n) is 7.43. The van der Waals surface area contributed by atoms with Crippen molar-refractivity contribution in [1.82, 2.24) is 10.2 Å². The summed E-state index contributed by atoms with van der Waals surface area (Å²) < 4.78 is 4.69. The minimum absolute atomic E-state index is 0.0715. The van der Waals surface area contributed by atoms with Crippen LogP contribution in [0.4, 0.5) is 0 Å². The highest BCUT2D eigenvalue weighted by Gasteiger charge is 2.34. The summed E-state index contributed by atoms with van der Waals surface area (Å²) in [6.07, 6.45) is 1.39. The molecule has 7 nitrogen and oxygen atoms in total. The molecule has 7 heteroatoms. The number of methoxy groups -OCH3 is 1. The third-order valence-electron chi connectivity index (χ3n) is 3.76. The van der Waals surface area contributed by atoms with Crippen molar-refractivity contribution in [3.8, 4) is 5.75 Å². The molecule has 0 bridgehead atoms. The van der Waals surface area contributed by atoms with Gasteiger partial charge in [-0.25, -0.2) is 4.79 Å². The Morgan fingerprint density at radius 1 is 1.39 bits per heavy atom. The monoisotopic (exact) mass is 320 g/mol. The van der Waals surface area contributed by atoms with Gasteiger partial charge in [-0.3, -0.25) is 9.59 Å². The number of benzene rings is 1. The number of likely N-dealkylation sites (tertiary alicyclic amines) is 1. The molecule has 0 spiro atoms. The molecular weight excluding hydrogens is 300 g/mol. The van der Waals surface area contributed by atoms with E-state index >= 15 is 0 Å². The number of carbonyl (C=O) groups is 3. The summed E-state index contributed by atoms with van der Waals surface area (Å²) in [5.74, 6) is -0.966. The molecule has 1 saturated heterocycles. The molecule has 23 heavy (non-hydrogen) atoms. The number of phenolic OH excluding ortho intramolecular Hbond substituents is 1. The molecule has 0 aromatic heterocycles. The van der Waals surface area contributed by atoms with Gasteiger partial charge in [-0.15, -0.1) is 0 Å². The summed E-state index contributed by atoms with van der Waals surface area (Å²) >= 11 is 0. The second kappa shape index (κ2) is 7.62.